The molecule has 1 aliphatic heterocycles. The summed E-state index contributed by atoms with van der Waals surface area (Å²) in [6.45, 7) is 11.4. The molecule has 0 aromatic rings. The molecule has 1 rings (SSSR count). The van der Waals surface area contributed by atoms with Gasteiger partial charge in [0.05, 0.1) is 58.9 Å². The van der Waals surface area contributed by atoms with Crippen molar-refractivity contribution in [3.8, 4) is 0 Å². The number of hydrogen-bond acceptors (Lipinski definition) is 10. The third kappa shape index (κ3) is 15.7. The lowest BCUT2D eigenvalue weighted by atomic mass is 9.87. The van der Waals surface area contributed by atoms with E-state index in [4.69, 9.17) is 18.9 Å². The van der Waals surface area contributed by atoms with Gasteiger partial charge >= 0.3 is 0 Å². The molecular weight excluding hydrogens is 552 g/mol. The van der Waals surface area contributed by atoms with E-state index in [0.717, 1.165) is 4.90 Å². The van der Waals surface area contributed by atoms with Gasteiger partial charge in [-0.25, -0.2) is 0 Å². The largest absolute Gasteiger partial charge is 0.379 e. The number of carbonyl (C=O) groups is 6. The Kier molecular flexibility index (Phi) is 17.4. The van der Waals surface area contributed by atoms with Gasteiger partial charge in [0.2, 0.25) is 17.7 Å². The predicted octanol–water partition coefficient (Wildman–Crippen LogP) is -0.501. The zero-order valence-electron chi connectivity index (χ0n) is 25.3. The number of carbonyl (C=O) groups excluding carboxylic acids is 6. The van der Waals surface area contributed by atoms with Crippen molar-refractivity contribution in [3.05, 3.63) is 12.2 Å². The highest BCUT2D eigenvalue weighted by Crippen LogP contribution is 2.16. The number of amides is 5. The van der Waals surface area contributed by atoms with Crippen LogP contribution in [0.15, 0.2) is 12.2 Å². The summed E-state index contributed by atoms with van der Waals surface area (Å²) in [4.78, 5) is 72.1. The molecule has 238 valence electrons. The molecule has 3 N–H and O–H groups in total. The fourth-order valence-electron chi connectivity index (χ4n) is 3.58. The van der Waals surface area contributed by atoms with Gasteiger partial charge in [-0.15, -0.1) is 0 Å². The lowest BCUT2D eigenvalue weighted by molar-refractivity contribution is -0.137. The highest BCUT2D eigenvalue weighted by Gasteiger charge is 2.29. The summed E-state index contributed by atoms with van der Waals surface area (Å²) >= 11 is 0. The topological polar surface area (TPSA) is 179 Å². The van der Waals surface area contributed by atoms with Gasteiger partial charge in [-0.05, 0) is 13.8 Å². The minimum absolute atomic E-state index is 0.0322. The van der Waals surface area contributed by atoms with Crippen molar-refractivity contribution >= 4 is 35.3 Å². The van der Waals surface area contributed by atoms with E-state index in [1.54, 1.807) is 34.6 Å². The number of hydrogen-bond donors (Lipinski definition) is 3. The van der Waals surface area contributed by atoms with Crippen molar-refractivity contribution in [2.75, 3.05) is 65.9 Å². The lowest BCUT2D eigenvalue weighted by Crippen LogP contribution is -2.51. The van der Waals surface area contributed by atoms with Gasteiger partial charge in [-0.3, -0.25) is 33.7 Å². The molecule has 0 bridgehead atoms. The first kappa shape index (κ1) is 36.8. The van der Waals surface area contributed by atoms with Gasteiger partial charge in [0, 0.05) is 43.5 Å². The second-order valence-electron chi connectivity index (χ2n) is 10.6. The molecule has 0 aromatic carbocycles. The molecule has 1 heterocycles. The Morgan fingerprint density at radius 3 is 1.74 bits per heavy atom. The summed E-state index contributed by atoms with van der Waals surface area (Å²) < 4.78 is 21.5. The first-order chi connectivity index (χ1) is 19.8. The number of rotatable bonds is 22. The van der Waals surface area contributed by atoms with Crippen LogP contribution in [0.25, 0.3) is 0 Å². The second-order valence-corrected chi connectivity index (χ2v) is 10.6. The first-order valence-corrected chi connectivity index (χ1v) is 14.1. The monoisotopic (exact) mass is 598 g/mol. The van der Waals surface area contributed by atoms with Crippen molar-refractivity contribution < 1.29 is 47.7 Å². The SMILES string of the molecule is C[C@H](NC(=O)CCOCCOCCOCCOCCNC(=O)CCN1C(=O)C=CC1=O)C(=O)N[C@@H](C)C(=O)C(C)(C)C. The number of ketones is 1. The fourth-order valence-corrected chi connectivity index (χ4v) is 3.58. The van der Waals surface area contributed by atoms with Crippen LogP contribution < -0.4 is 16.0 Å². The standard InChI is InChI=1S/C28H46N4O10/c1-20(26(37)28(3,4)5)31-27(38)21(2)30-23(34)9-12-39-14-16-41-18-19-42-17-15-40-13-10-29-22(33)8-11-32-24(35)6-7-25(32)36/h6-7,20-21H,8-19H2,1-5H3,(H,29,33)(H,30,34)(H,31,38)/t20-,21-/m0/s1. The molecule has 5 amide bonds. The van der Waals surface area contributed by atoms with Gasteiger partial charge in [0.25, 0.3) is 11.8 Å². The Hall–Kier alpha value is -3.20. The average molecular weight is 599 g/mol. The summed E-state index contributed by atoms with van der Waals surface area (Å²) in [6.07, 6.45) is 2.47. The highest BCUT2D eigenvalue weighted by atomic mass is 16.6. The van der Waals surface area contributed by atoms with Crippen LogP contribution in [-0.4, -0.2) is 118 Å². The molecule has 14 heteroatoms. The second kappa shape index (κ2) is 19.8. The number of imide groups is 1. The van der Waals surface area contributed by atoms with Gasteiger partial charge in [0.15, 0.2) is 5.78 Å². The zero-order valence-corrected chi connectivity index (χ0v) is 25.3. The van der Waals surface area contributed by atoms with E-state index in [0.29, 0.717) is 52.8 Å². The first-order valence-electron chi connectivity index (χ1n) is 14.1. The quantitative estimate of drug-likeness (QED) is 0.109. The number of nitrogens with zero attached hydrogens (tertiary/aromatic N) is 1. The van der Waals surface area contributed by atoms with E-state index in [2.05, 4.69) is 16.0 Å². The van der Waals surface area contributed by atoms with Gasteiger partial charge < -0.3 is 34.9 Å². The Morgan fingerprint density at radius 2 is 1.21 bits per heavy atom. The molecule has 1 aliphatic rings. The van der Waals surface area contributed by atoms with Crippen LogP contribution in [-0.2, 0) is 47.7 Å². The molecule has 0 aliphatic carbocycles. The molecular formula is C28H46N4O10. The van der Waals surface area contributed by atoms with Crippen molar-refractivity contribution in [1.82, 2.24) is 20.9 Å². The maximum absolute atomic E-state index is 12.2. The Bertz CT molecular complexity index is 929. The van der Waals surface area contributed by atoms with E-state index >= 15 is 0 Å². The fraction of sp³-hybridized carbons (Fsp3) is 0.714. The van der Waals surface area contributed by atoms with E-state index in [9.17, 15) is 28.8 Å². The van der Waals surface area contributed by atoms with Crippen LogP contribution in [0.4, 0.5) is 0 Å². The summed E-state index contributed by atoms with van der Waals surface area (Å²) in [5.41, 5.74) is -0.574. The average Bonchev–Trinajstić information content (AvgIpc) is 3.24. The normalized spacial score (nSPS) is 14.5. The third-order valence-electron chi connectivity index (χ3n) is 5.88. The van der Waals surface area contributed by atoms with Crippen LogP contribution in [0.3, 0.4) is 0 Å². The van der Waals surface area contributed by atoms with E-state index in [1.807, 2.05) is 0 Å². The number of Topliss-reactive ketones (excluding diaryl/α,β-unsaturated/α-hetero) is 1. The van der Waals surface area contributed by atoms with Crippen molar-refractivity contribution in [3.63, 3.8) is 0 Å². The summed E-state index contributed by atoms with van der Waals surface area (Å²) in [5.74, 6) is -1.96. The summed E-state index contributed by atoms with van der Waals surface area (Å²) in [5, 5.41) is 7.87. The Balaban J connectivity index is 1.90. The van der Waals surface area contributed by atoms with E-state index in [-0.39, 0.29) is 43.6 Å². The highest BCUT2D eigenvalue weighted by molar-refractivity contribution is 6.13. The van der Waals surface area contributed by atoms with Crippen molar-refractivity contribution in [1.29, 1.82) is 0 Å². The maximum Gasteiger partial charge on any atom is 0.253 e. The van der Waals surface area contributed by atoms with Crippen molar-refractivity contribution in [2.24, 2.45) is 5.41 Å². The molecule has 0 saturated heterocycles. The Morgan fingerprint density at radius 1 is 0.714 bits per heavy atom. The minimum atomic E-state index is -0.780. The molecule has 0 spiro atoms. The van der Waals surface area contributed by atoms with Crippen LogP contribution >= 0.6 is 0 Å². The summed E-state index contributed by atoms with van der Waals surface area (Å²) in [7, 11) is 0. The molecule has 0 aromatic heterocycles. The zero-order chi connectivity index (χ0) is 31.5. The van der Waals surface area contributed by atoms with Crippen LogP contribution in [0, 0.1) is 5.41 Å². The Labute approximate surface area is 247 Å². The van der Waals surface area contributed by atoms with Crippen LogP contribution in [0.2, 0.25) is 0 Å². The number of ether oxygens (including phenoxy) is 4. The minimum Gasteiger partial charge on any atom is -0.379 e. The van der Waals surface area contributed by atoms with Gasteiger partial charge in [-0.2, -0.15) is 0 Å². The molecule has 0 radical (unpaired) electrons. The molecule has 0 saturated carbocycles. The van der Waals surface area contributed by atoms with E-state index in [1.165, 1.54) is 12.2 Å². The van der Waals surface area contributed by atoms with Crippen LogP contribution in [0.1, 0.15) is 47.5 Å². The predicted molar refractivity (Wildman–Crippen MR) is 151 cm³/mol. The van der Waals surface area contributed by atoms with Gasteiger partial charge in [-0.1, -0.05) is 20.8 Å². The molecule has 14 nitrogen and oxygen atoms in total. The van der Waals surface area contributed by atoms with Crippen LogP contribution in [0.5, 0.6) is 0 Å². The maximum atomic E-state index is 12.2. The third-order valence-corrected chi connectivity index (χ3v) is 5.88. The smallest absolute Gasteiger partial charge is 0.253 e. The number of nitrogens with one attached hydrogen (secondary N) is 3. The van der Waals surface area contributed by atoms with E-state index < -0.39 is 35.2 Å². The molecule has 0 fully saturated rings. The summed E-state index contributed by atoms with van der Waals surface area (Å²) in [6, 6.07) is -1.43. The lowest BCUT2D eigenvalue weighted by Gasteiger charge is -2.24. The van der Waals surface area contributed by atoms with Gasteiger partial charge in [0.1, 0.15) is 6.04 Å². The molecule has 42 heavy (non-hydrogen) atoms. The molecule has 2 atom stereocenters. The molecule has 0 unspecified atom stereocenters. The van der Waals surface area contributed by atoms with Crippen molar-refractivity contribution in [2.45, 2.75) is 59.5 Å².